The van der Waals surface area contributed by atoms with E-state index in [0.717, 1.165) is 0 Å². The molecule has 0 fully saturated rings. The third-order valence-electron chi connectivity index (χ3n) is 1.82. The van der Waals surface area contributed by atoms with Crippen LogP contribution in [-0.2, 0) is 0 Å². The predicted octanol–water partition coefficient (Wildman–Crippen LogP) is 4.97. The maximum Gasteiger partial charge on any atom is 0.144 e. The molecule has 19 heavy (non-hydrogen) atoms. The van der Waals surface area contributed by atoms with Crippen LogP contribution >= 0.6 is 0 Å². The van der Waals surface area contributed by atoms with Gasteiger partial charge in [-0.2, -0.15) is 0 Å². The lowest BCUT2D eigenvalue weighted by molar-refractivity contribution is 0.612. The molecule has 0 aliphatic carbocycles. The number of halogens is 1. The van der Waals surface area contributed by atoms with E-state index in [4.69, 9.17) is 0 Å². The molecule has 0 aromatic carbocycles. The molecule has 2 rings (SSSR count). The number of aromatic nitrogens is 2. The number of hydrogen-bond acceptors (Lipinski definition) is 2. The van der Waals surface area contributed by atoms with Crippen LogP contribution in [0.2, 0.25) is 0 Å². The first kappa shape index (κ1) is 19.6. The third-order valence-corrected chi connectivity index (χ3v) is 1.82. The quantitative estimate of drug-likeness (QED) is 0.671. The lowest BCUT2D eigenvalue weighted by Crippen LogP contribution is -1.80. The minimum Gasteiger partial charge on any atom is -0.265 e. The Morgan fingerprint density at radius 2 is 1.26 bits per heavy atom. The Labute approximate surface area is 116 Å². The first-order valence-electron chi connectivity index (χ1n) is 6.63. The second kappa shape index (κ2) is 14.3. The minimum absolute atomic E-state index is 0.243. The molecule has 3 heteroatoms. The van der Waals surface area contributed by atoms with Gasteiger partial charge in [0, 0.05) is 18.6 Å². The summed E-state index contributed by atoms with van der Waals surface area (Å²) < 4.78 is 12.3. The Hall–Kier alpha value is -1.77. The molecule has 0 aliphatic rings. The largest absolute Gasteiger partial charge is 0.265 e. The molecule has 0 aliphatic heterocycles. The topological polar surface area (TPSA) is 25.8 Å². The fourth-order valence-corrected chi connectivity index (χ4v) is 0.871. The molecule has 2 nitrogen and oxygen atoms in total. The van der Waals surface area contributed by atoms with Crippen LogP contribution in [0.5, 0.6) is 0 Å². The van der Waals surface area contributed by atoms with Gasteiger partial charge in [-0.25, -0.2) is 4.39 Å². The number of hydrogen-bond donors (Lipinski definition) is 0. The van der Waals surface area contributed by atoms with E-state index in [9.17, 15) is 4.39 Å². The monoisotopic (exact) mass is 264 g/mol. The van der Waals surface area contributed by atoms with Crippen LogP contribution in [-0.4, -0.2) is 9.97 Å². The molecule has 0 unspecified atom stereocenters. The average molecular weight is 264 g/mol. The molecular weight excluding hydrogens is 239 g/mol. The lowest BCUT2D eigenvalue weighted by atomic mass is 10.3. The maximum absolute atomic E-state index is 12.3. The fraction of sp³-hybridized carbons (Fsp3) is 0.375. The molecule has 0 spiro atoms. The van der Waals surface area contributed by atoms with Gasteiger partial charge >= 0.3 is 0 Å². The highest BCUT2D eigenvalue weighted by molar-refractivity contribution is 5.09. The highest BCUT2D eigenvalue weighted by Crippen LogP contribution is 1.99. The van der Waals surface area contributed by atoms with Crippen LogP contribution in [0.1, 0.15) is 38.8 Å². The summed E-state index contributed by atoms with van der Waals surface area (Å²) in [5.41, 5.74) is 1.90. The fourth-order valence-electron chi connectivity index (χ4n) is 0.871. The van der Waals surface area contributed by atoms with Crippen molar-refractivity contribution in [1.29, 1.82) is 0 Å². The number of pyridine rings is 2. The lowest BCUT2D eigenvalue weighted by Gasteiger charge is -1.88. The average Bonchev–Trinajstić information content (AvgIpc) is 2.48. The summed E-state index contributed by atoms with van der Waals surface area (Å²) in [6.45, 7) is 11.7. The van der Waals surface area contributed by atoms with Gasteiger partial charge in [0.15, 0.2) is 0 Å². The standard InChI is InChI=1S/C6H6FN.C6H7N.2C2H6/c1-5-2-3-8-4-6(5)7;1-6-2-4-7-5-3-6;2*1-2/h2-4H,1H3;2-5H,1H3;2*1-2H3. The van der Waals surface area contributed by atoms with Crippen molar-refractivity contribution in [2.75, 3.05) is 0 Å². The van der Waals surface area contributed by atoms with Crippen molar-refractivity contribution >= 4 is 0 Å². The molecule has 2 heterocycles. The normalized spacial score (nSPS) is 7.74. The van der Waals surface area contributed by atoms with Crippen LogP contribution < -0.4 is 0 Å². The van der Waals surface area contributed by atoms with Crippen LogP contribution in [0.25, 0.3) is 0 Å². The summed E-state index contributed by atoms with van der Waals surface area (Å²) >= 11 is 0. The van der Waals surface area contributed by atoms with Gasteiger partial charge in [-0.1, -0.05) is 27.7 Å². The molecular formula is C16H25FN2. The van der Waals surface area contributed by atoms with Crippen molar-refractivity contribution in [3.8, 4) is 0 Å². The Morgan fingerprint density at radius 1 is 0.789 bits per heavy atom. The van der Waals surface area contributed by atoms with E-state index < -0.39 is 0 Å². The van der Waals surface area contributed by atoms with Crippen molar-refractivity contribution in [3.05, 3.63) is 59.9 Å². The summed E-state index contributed by atoms with van der Waals surface area (Å²) in [4.78, 5) is 7.42. The van der Waals surface area contributed by atoms with Crippen molar-refractivity contribution in [2.24, 2.45) is 0 Å². The Bertz CT molecular complexity index is 382. The van der Waals surface area contributed by atoms with Gasteiger partial charge in [-0.15, -0.1) is 0 Å². The molecule has 0 amide bonds. The van der Waals surface area contributed by atoms with Crippen LogP contribution in [0.3, 0.4) is 0 Å². The number of aryl methyl sites for hydroxylation is 2. The molecule has 0 atom stereocenters. The zero-order valence-electron chi connectivity index (χ0n) is 12.8. The molecule has 0 bridgehead atoms. The van der Waals surface area contributed by atoms with Gasteiger partial charge in [0.25, 0.3) is 0 Å². The Kier molecular flexibility index (Phi) is 14.7. The Morgan fingerprint density at radius 3 is 1.53 bits per heavy atom. The molecule has 0 radical (unpaired) electrons. The first-order valence-corrected chi connectivity index (χ1v) is 6.63. The first-order chi connectivity index (χ1) is 9.20. The van der Waals surface area contributed by atoms with E-state index in [2.05, 4.69) is 9.97 Å². The molecule has 0 N–H and O–H groups in total. The maximum atomic E-state index is 12.3. The van der Waals surface area contributed by atoms with Crippen LogP contribution in [0.15, 0.2) is 43.0 Å². The minimum atomic E-state index is -0.243. The van der Waals surface area contributed by atoms with Crippen molar-refractivity contribution in [3.63, 3.8) is 0 Å². The van der Waals surface area contributed by atoms with Gasteiger partial charge in [0.1, 0.15) is 5.82 Å². The van der Waals surface area contributed by atoms with Gasteiger partial charge in [-0.05, 0) is 43.2 Å². The SMILES string of the molecule is CC.CC.Cc1ccncc1.Cc1ccncc1F. The van der Waals surface area contributed by atoms with Gasteiger partial charge in [0.05, 0.1) is 6.20 Å². The van der Waals surface area contributed by atoms with E-state index in [1.54, 1.807) is 31.6 Å². The Balaban J connectivity index is 0. The zero-order chi connectivity index (χ0) is 15.1. The van der Waals surface area contributed by atoms with E-state index in [0.29, 0.717) is 5.56 Å². The van der Waals surface area contributed by atoms with E-state index in [1.165, 1.54) is 11.8 Å². The van der Waals surface area contributed by atoms with E-state index in [1.807, 2.05) is 46.8 Å². The van der Waals surface area contributed by atoms with Crippen LogP contribution in [0, 0.1) is 19.7 Å². The van der Waals surface area contributed by atoms with Crippen molar-refractivity contribution < 1.29 is 4.39 Å². The molecule has 0 saturated carbocycles. The molecule has 2 aromatic heterocycles. The second-order valence-corrected chi connectivity index (χ2v) is 3.15. The van der Waals surface area contributed by atoms with E-state index >= 15 is 0 Å². The molecule has 106 valence electrons. The second-order valence-electron chi connectivity index (χ2n) is 3.15. The van der Waals surface area contributed by atoms with Crippen LogP contribution in [0.4, 0.5) is 4.39 Å². The molecule has 2 aromatic rings. The van der Waals surface area contributed by atoms with Crippen molar-refractivity contribution in [2.45, 2.75) is 41.5 Å². The summed E-state index contributed by atoms with van der Waals surface area (Å²) in [6, 6.07) is 5.58. The summed E-state index contributed by atoms with van der Waals surface area (Å²) in [6.07, 6.45) is 6.35. The molecule has 0 saturated heterocycles. The zero-order valence-corrected chi connectivity index (χ0v) is 12.8. The summed E-state index contributed by atoms with van der Waals surface area (Å²) in [7, 11) is 0. The summed E-state index contributed by atoms with van der Waals surface area (Å²) in [5.74, 6) is -0.243. The summed E-state index contributed by atoms with van der Waals surface area (Å²) in [5, 5.41) is 0. The van der Waals surface area contributed by atoms with E-state index in [-0.39, 0.29) is 5.82 Å². The van der Waals surface area contributed by atoms with Gasteiger partial charge in [-0.3, -0.25) is 9.97 Å². The number of rotatable bonds is 0. The van der Waals surface area contributed by atoms with Gasteiger partial charge in [0.2, 0.25) is 0 Å². The smallest absolute Gasteiger partial charge is 0.144 e. The highest BCUT2D eigenvalue weighted by Gasteiger charge is 1.89. The third kappa shape index (κ3) is 11.1. The van der Waals surface area contributed by atoms with Crippen molar-refractivity contribution in [1.82, 2.24) is 9.97 Å². The predicted molar refractivity (Wildman–Crippen MR) is 80.6 cm³/mol. The van der Waals surface area contributed by atoms with Gasteiger partial charge < -0.3 is 0 Å². The highest BCUT2D eigenvalue weighted by atomic mass is 19.1. The number of nitrogens with zero attached hydrogens (tertiary/aromatic N) is 2.